The molecule has 0 spiro atoms. The maximum atomic E-state index is 12.9. The molecule has 4 rings (SSSR count). The van der Waals surface area contributed by atoms with E-state index < -0.39 is 30.1 Å². The first kappa shape index (κ1) is 24.6. The van der Waals surface area contributed by atoms with Crippen LogP contribution in [0, 0.1) is 6.92 Å². The first-order chi connectivity index (χ1) is 16.6. The van der Waals surface area contributed by atoms with Gasteiger partial charge >= 0.3 is 11.9 Å². The Hall–Kier alpha value is -3.57. The third-order valence-corrected chi connectivity index (χ3v) is 6.87. The summed E-state index contributed by atoms with van der Waals surface area (Å²) in [6.45, 7) is 0.920. The van der Waals surface area contributed by atoms with E-state index in [0.717, 1.165) is 21.5 Å². The smallest absolute Gasteiger partial charge is 0.416 e. The summed E-state index contributed by atoms with van der Waals surface area (Å²) in [5, 5.41) is 9.59. The van der Waals surface area contributed by atoms with Crippen molar-refractivity contribution < 1.29 is 27.8 Å². The third kappa shape index (κ3) is 4.96. The first-order valence-electron chi connectivity index (χ1n) is 10.5. The molecule has 35 heavy (non-hydrogen) atoms. The maximum absolute atomic E-state index is 12.9. The second-order valence-corrected chi connectivity index (χ2v) is 8.79. The molecule has 184 valence electrons. The van der Waals surface area contributed by atoms with Gasteiger partial charge in [0.2, 0.25) is 0 Å². The van der Waals surface area contributed by atoms with Gasteiger partial charge in [-0.25, -0.2) is 4.79 Å². The van der Waals surface area contributed by atoms with Gasteiger partial charge in [0.15, 0.2) is 6.10 Å². The van der Waals surface area contributed by atoms with Crippen LogP contribution in [0.2, 0.25) is 0 Å². The summed E-state index contributed by atoms with van der Waals surface area (Å²) in [7, 11) is 1.58. The van der Waals surface area contributed by atoms with Gasteiger partial charge in [-0.2, -0.15) is 13.2 Å². The number of aromatic amines is 1. The number of nitrogens with zero attached hydrogens (tertiary/aromatic N) is 1. The van der Waals surface area contributed by atoms with Crippen molar-refractivity contribution in [3.63, 3.8) is 0 Å². The Morgan fingerprint density at radius 2 is 1.80 bits per heavy atom. The van der Waals surface area contributed by atoms with Gasteiger partial charge in [-0.05, 0) is 48.4 Å². The van der Waals surface area contributed by atoms with E-state index in [1.807, 2.05) is 29.2 Å². The van der Waals surface area contributed by atoms with Crippen molar-refractivity contribution in [1.82, 2.24) is 9.55 Å². The fourth-order valence-electron chi connectivity index (χ4n) is 3.68. The number of rotatable bonds is 7. The Morgan fingerprint density at radius 3 is 2.46 bits per heavy atom. The molecule has 2 aromatic carbocycles. The molecule has 0 aliphatic rings. The molecule has 0 saturated carbocycles. The zero-order valence-electron chi connectivity index (χ0n) is 18.7. The lowest BCUT2D eigenvalue weighted by atomic mass is 10.1. The number of aromatic nitrogens is 2. The predicted octanol–water partition coefficient (Wildman–Crippen LogP) is 4.24. The molecule has 4 aromatic rings. The molecule has 11 heteroatoms. The Bertz CT molecular complexity index is 1470. The summed E-state index contributed by atoms with van der Waals surface area (Å²) in [6, 6.07) is 14.5. The van der Waals surface area contributed by atoms with Crippen LogP contribution in [-0.4, -0.2) is 34.0 Å². The van der Waals surface area contributed by atoms with Crippen LogP contribution >= 0.6 is 11.3 Å². The predicted molar refractivity (Wildman–Crippen MR) is 126 cm³/mol. The molecule has 2 N–H and O–H groups in total. The van der Waals surface area contributed by atoms with E-state index in [1.54, 1.807) is 38.3 Å². The number of H-pyrrole nitrogens is 1. The van der Waals surface area contributed by atoms with Gasteiger partial charge in [-0.3, -0.25) is 14.3 Å². The molecule has 0 fully saturated rings. The van der Waals surface area contributed by atoms with Crippen molar-refractivity contribution in [1.29, 1.82) is 0 Å². The van der Waals surface area contributed by atoms with Gasteiger partial charge in [-0.1, -0.05) is 18.2 Å². The third-order valence-electron chi connectivity index (χ3n) is 5.50. The summed E-state index contributed by atoms with van der Waals surface area (Å²) in [6.07, 6.45) is -7.66. The first-order valence-corrected chi connectivity index (χ1v) is 11.3. The Balaban J connectivity index is 1.65. The van der Waals surface area contributed by atoms with Crippen LogP contribution in [0.4, 0.5) is 13.2 Å². The fourth-order valence-corrected chi connectivity index (χ4v) is 5.00. The fraction of sp³-hybridized carbons (Fsp3) is 0.250. The zero-order chi connectivity index (χ0) is 25.3. The largest absolute Gasteiger partial charge is 0.496 e. The Labute approximate surface area is 201 Å². The van der Waals surface area contributed by atoms with E-state index in [4.69, 9.17) is 9.47 Å². The Kier molecular flexibility index (Phi) is 6.73. The molecule has 7 nitrogen and oxygen atoms in total. The summed E-state index contributed by atoms with van der Waals surface area (Å²) >= 11 is 1.01. The molecule has 2 aromatic heterocycles. The molecule has 0 amide bonds. The molecule has 2 heterocycles. The van der Waals surface area contributed by atoms with E-state index in [0.29, 0.717) is 27.5 Å². The van der Waals surface area contributed by atoms with Crippen molar-refractivity contribution in [3.05, 3.63) is 80.5 Å². The number of aryl methyl sites for hydroxylation is 1. The number of thiophene rings is 1. The van der Waals surface area contributed by atoms with Crippen molar-refractivity contribution in [3.8, 4) is 21.9 Å². The highest BCUT2D eigenvalue weighted by atomic mass is 32.1. The van der Waals surface area contributed by atoms with E-state index in [9.17, 15) is 27.9 Å². The summed E-state index contributed by atoms with van der Waals surface area (Å²) in [5.74, 6) is 1.29. The van der Waals surface area contributed by atoms with Gasteiger partial charge in [0.1, 0.15) is 22.9 Å². The molecule has 0 aliphatic carbocycles. The minimum absolute atomic E-state index is 0.0612. The normalized spacial score (nSPS) is 12.6. The molecule has 1 atom stereocenters. The lowest BCUT2D eigenvalue weighted by molar-refractivity contribution is -0.207. The van der Waals surface area contributed by atoms with Gasteiger partial charge < -0.3 is 14.6 Å². The number of hydrogen-bond acceptors (Lipinski definition) is 6. The van der Waals surface area contributed by atoms with Crippen LogP contribution in [-0.2, 0) is 13.2 Å². The van der Waals surface area contributed by atoms with Gasteiger partial charge in [0.25, 0.3) is 5.56 Å². The average Bonchev–Trinajstić information content (AvgIpc) is 3.17. The molecular weight excluding hydrogens is 485 g/mol. The number of alkyl halides is 3. The number of ether oxygens (including phenoxy) is 2. The summed E-state index contributed by atoms with van der Waals surface area (Å²) < 4.78 is 50.6. The van der Waals surface area contributed by atoms with Gasteiger partial charge in [-0.15, -0.1) is 11.3 Å². The van der Waals surface area contributed by atoms with Crippen molar-refractivity contribution in [2.45, 2.75) is 32.4 Å². The molecule has 0 radical (unpaired) electrons. The van der Waals surface area contributed by atoms with Crippen LogP contribution in [0.15, 0.2) is 58.1 Å². The van der Waals surface area contributed by atoms with Gasteiger partial charge in [0, 0.05) is 10.4 Å². The second-order valence-electron chi connectivity index (χ2n) is 7.79. The number of benzene rings is 2. The molecular formula is C24H21F3N2O5S. The molecule has 0 bridgehead atoms. The maximum Gasteiger partial charge on any atom is 0.416 e. The lowest BCUT2D eigenvalue weighted by Gasteiger charge is -2.15. The topological polar surface area (TPSA) is 93.5 Å². The quantitative estimate of drug-likeness (QED) is 0.391. The zero-order valence-corrected chi connectivity index (χ0v) is 19.5. The standard InChI is InChI=1S/C24H21F3N2O5S/c1-13-19-21(31)28-23(32)29(11-18(30)24(25,26)27)22(19)35-20(13)14-7-9-16(10-8-14)34-12-15-5-3-4-6-17(15)33-2/h3-10,18,30H,11-12H2,1-2H3,(H,28,31,32). The molecule has 1 unspecified atom stereocenters. The number of methoxy groups -OCH3 is 1. The Morgan fingerprint density at radius 1 is 1.11 bits per heavy atom. The molecule has 0 saturated heterocycles. The number of nitrogens with one attached hydrogen (secondary N) is 1. The van der Waals surface area contributed by atoms with Crippen molar-refractivity contribution >= 4 is 21.6 Å². The van der Waals surface area contributed by atoms with E-state index in [2.05, 4.69) is 0 Å². The number of fused-ring (bicyclic) bond motifs is 1. The van der Waals surface area contributed by atoms with Crippen LogP contribution in [0.3, 0.4) is 0 Å². The molecule has 0 aliphatic heterocycles. The highest BCUT2D eigenvalue weighted by Crippen LogP contribution is 2.37. The van der Waals surface area contributed by atoms with Crippen molar-refractivity contribution in [2.24, 2.45) is 0 Å². The number of para-hydroxylation sites is 1. The lowest BCUT2D eigenvalue weighted by Crippen LogP contribution is -2.38. The highest BCUT2D eigenvalue weighted by Gasteiger charge is 2.39. The van der Waals surface area contributed by atoms with Crippen LogP contribution in [0.1, 0.15) is 11.1 Å². The number of halogens is 3. The van der Waals surface area contributed by atoms with E-state index >= 15 is 0 Å². The van der Waals surface area contributed by atoms with E-state index in [1.165, 1.54) is 0 Å². The number of aliphatic hydroxyl groups excluding tert-OH is 1. The van der Waals surface area contributed by atoms with Crippen LogP contribution < -0.4 is 20.7 Å². The minimum Gasteiger partial charge on any atom is -0.496 e. The van der Waals surface area contributed by atoms with E-state index in [-0.39, 0.29) is 16.8 Å². The minimum atomic E-state index is -4.91. The summed E-state index contributed by atoms with van der Waals surface area (Å²) in [4.78, 5) is 27.4. The van der Waals surface area contributed by atoms with Crippen molar-refractivity contribution in [2.75, 3.05) is 7.11 Å². The summed E-state index contributed by atoms with van der Waals surface area (Å²) in [5.41, 5.74) is 0.378. The average molecular weight is 507 g/mol. The van der Waals surface area contributed by atoms with Crippen LogP contribution in [0.5, 0.6) is 11.5 Å². The highest BCUT2D eigenvalue weighted by molar-refractivity contribution is 7.22. The van der Waals surface area contributed by atoms with Crippen LogP contribution in [0.25, 0.3) is 20.7 Å². The monoisotopic (exact) mass is 506 g/mol. The second kappa shape index (κ2) is 9.59. The number of aliphatic hydroxyl groups is 1. The SMILES string of the molecule is COc1ccccc1COc1ccc(-c2sc3c(c2C)c(=O)[nH]c(=O)n3CC(O)C(F)(F)F)cc1. The number of hydrogen-bond donors (Lipinski definition) is 2. The van der Waals surface area contributed by atoms with Gasteiger partial charge in [0.05, 0.1) is 19.0 Å².